The number of nitrogens with one attached hydrogen (secondary N) is 1. The molecular weight excluding hydrogens is 276 g/mol. The molecule has 1 saturated carbocycles. The minimum absolute atomic E-state index is 0.0170. The highest BCUT2D eigenvalue weighted by Crippen LogP contribution is 2.36. The first-order valence-corrected chi connectivity index (χ1v) is 7.18. The Labute approximate surface area is 116 Å². The van der Waals surface area contributed by atoms with Crippen LogP contribution in [0.5, 0.6) is 0 Å². The van der Waals surface area contributed by atoms with E-state index in [0.717, 1.165) is 19.6 Å². The summed E-state index contributed by atoms with van der Waals surface area (Å²) in [5.41, 5.74) is 0. The van der Waals surface area contributed by atoms with Crippen LogP contribution in [-0.2, 0) is 4.74 Å². The second kappa shape index (κ2) is 7.04. The fraction of sp³-hybridized carbons (Fsp3) is 1.00. The smallest absolute Gasteiger partial charge is 0.321 e. The molecule has 0 amide bonds. The molecule has 2 fully saturated rings. The van der Waals surface area contributed by atoms with Crippen LogP contribution in [0.25, 0.3) is 0 Å². The van der Waals surface area contributed by atoms with Crippen molar-refractivity contribution >= 4 is 0 Å². The molecule has 7 heteroatoms. The molecule has 1 N–H and O–H groups in total. The zero-order chi connectivity index (χ0) is 14.6. The number of piperazine rings is 1. The predicted molar refractivity (Wildman–Crippen MR) is 67.1 cm³/mol. The van der Waals surface area contributed by atoms with Crippen LogP contribution in [0.3, 0.4) is 0 Å². The van der Waals surface area contributed by atoms with E-state index in [1.54, 1.807) is 0 Å². The second-order valence-corrected chi connectivity index (χ2v) is 5.80. The maximum absolute atomic E-state index is 13.1. The number of nitrogens with zero attached hydrogens (tertiary/aromatic N) is 1. The third-order valence-electron chi connectivity index (χ3n) is 4.12. The summed E-state index contributed by atoms with van der Waals surface area (Å²) >= 11 is 0. The highest BCUT2D eigenvalue weighted by atomic mass is 19.3. The Hall–Kier alpha value is -0.400. The van der Waals surface area contributed by atoms with E-state index in [0.29, 0.717) is 25.3 Å². The lowest BCUT2D eigenvalue weighted by atomic mass is 9.86. The number of halogens is 4. The first kappa shape index (κ1) is 16.0. The molecule has 1 unspecified atom stereocenters. The fourth-order valence-corrected chi connectivity index (χ4v) is 3.01. The molecule has 1 aliphatic heterocycles. The van der Waals surface area contributed by atoms with Crippen molar-refractivity contribution < 1.29 is 22.3 Å². The maximum atomic E-state index is 13.1. The first-order chi connectivity index (χ1) is 9.44. The molecule has 0 bridgehead atoms. The van der Waals surface area contributed by atoms with Crippen molar-refractivity contribution in [2.24, 2.45) is 5.92 Å². The van der Waals surface area contributed by atoms with E-state index < -0.39 is 12.5 Å². The van der Waals surface area contributed by atoms with Crippen LogP contribution in [0.15, 0.2) is 0 Å². The van der Waals surface area contributed by atoms with Crippen molar-refractivity contribution in [2.75, 3.05) is 32.8 Å². The van der Waals surface area contributed by atoms with Gasteiger partial charge < -0.3 is 15.0 Å². The van der Waals surface area contributed by atoms with E-state index in [-0.39, 0.29) is 25.5 Å². The molecule has 0 aromatic heterocycles. The predicted octanol–water partition coefficient (Wildman–Crippen LogP) is 2.32. The van der Waals surface area contributed by atoms with Crippen LogP contribution in [0.1, 0.15) is 25.7 Å². The van der Waals surface area contributed by atoms with Crippen molar-refractivity contribution in [3.63, 3.8) is 0 Å². The standard InChI is InChI=1S/C13H22F4N2O/c14-12(15)20-9-11-8-19(6-5-18-11)7-10-1-3-13(16,17)4-2-10/h10-12,18H,1-9H2. The van der Waals surface area contributed by atoms with Crippen LogP contribution in [0.4, 0.5) is 17.6 Å². The number of hydrogen-bond acceptors (Lipinski definition) is 3. The Morgan fingerprint density at radius 2 is 1.95 bits per heavy atom. The number of ether oxygens (including phenoxy) is 1. The first-order valence-electron chi connectivity index (χ1n) is 7.18. The molecule has 1 saturated heterocycles. The molecule has 1 heterocycles. The van der Waals surface area contributed by atoms with E-state index in [4.69, 9.17) is 0 Å². The Balaban J connectivity index is 1.70. The molecule has 0 aromatic carbocycles. The third-order valence-corrected chi connectivity index (χ3v) is 4.12. The Morgan fingerprint density at radius 3 is 2.60 bits per heavy atom. The van der Waals surface area contributed by atoms with Crippen LogP contribution in [0, 0.1) is 5.92 Å². The molecule has 2 aliphatic rings. The van der Waals surface area contributed by atoms with Gasteiger partial charge in [0.1, 0.15) is 0 Å². The van der Waals surface area contributed by atoms with Crippen LogP contribution in [-0.4, -0.2) is 56.3 Å². The zero-order valence-electron chi connectivity index (χ0n) is 11.5. The molecule has 1 atom stereocenters. The molecule has 1 aliphatic carbocycles. The van der Waals surface area contributed by atoms with Gasteiger partial charge in [0.05, 0.1) is 6.61 Å². The van der Waals surface area contributed by atoms with Gasteiger partial charge in [0.25, 0.3) is 0 Å². The molecule has 0 radical (unpaired) electrons. The minimum atomic E-state index is -2.74. The summed E-state index contributed by atoms with van der Waals surface area (Å²) in [6.07, 6.45) is 1.05. The number of hydrogen-bond donors (Lipinski definition) is 1. The van der Waals surface area contributed by atoms with E-state index in [2.05, 4.69) is 15.0 Å². The van der Waals surface area contributed by atoms with E-state index in [9.17, 15) is 17.6 Å². The van der Waals surface area contributed by atoms with E-state index in [1.807, 2.05) is 0 Å². The molecule has 118 valence electrons. The lowest BCUT2D eigenvalue weighted by Crippen LogP contribution is -2.53. The van der Waals surface area contributed by atoms with Crippen LogP contribution >= 0.6 is 0 Å². The normalized spacial score (nSPS) is 28.9. The molecule has 0 aromatic rings. The zero-order valence-corrected chi connectivity index (χ0v) is 11.5. The van der Waals surface area contributed by atoms with Crippen molar-refractivity contribution in [2.45, 2.75) is 44.3 Å². The molecule has 2 rings (SSSR count). The fourth-order valence-electron chi connectivity index (χ4n) is 3.01. The summed E-state index contributed by atoms with van der Waals surface area (Å²) < 4.78 is 54.5. The lowest BCUT2D eigenvalue weighted by Gasteiger charge is -2.37. The van der Waals surface area contributed by atoms with Crippen molar-refractivity contribution in [3.05, 3.63) is 0 Å². The van der Waals surface area contributed by atoms with Gasteiger partial charge in [-0.3, -0.25) is 0 Å². The maximum Gasteiger partial charge on any atom is 0.345 e. The quantitative estimate of drug-likeness (QED) is 0.788. The third kappa shape index (κ3) is 5.18. The molecule has 0 spiro atoms. The van der Waals surface area contributed by atoms with Crippen molar-refractivity contribution in [3.8, 4) is 0 Å². The van der Waals surface area contributed by atoms with Gasteiger partial charge in [-0.15, -0.1) is 0 Å². The Bertz CT molecular complexity index is 294. The van der Waals surface area contributed by atoms with Gasteiger partial charge in [0, 0.05) is 45.1 Å². The van der Waals surface area contributed by atoms with Crippen LogP contribution < -0.4 is 5.32 Å². The van der Waals surface area contributed by atoms with Crippen molar-refractivity contribution in [1.29, 1.82) is 0 Å². The van der Waals surface area contributed by atoms with E-state index in [1.165, 1.54) is 0 Å². The summed E-state index contributed by atoms with van der Waals surface area (Å²) in [5, 5.41) is 3.13. The Kier molecular flexibility index (Phi) is 5.63. The van der Waals surface area contributed by atoms with Gasteiger partial charge in [-0.1, -0.05) is 0 Å². The minimum Gasteiger partial charge on any atom is -0.321 e. The SMILES string of the molecule is FC(F)OCC1CN(CC2CCC(F)(F)CC2)CCN1. The monoisotopic (exact) mass is 298 g/mol. The van der Waals surface area contributed by atoms with Crippen molar-refractivity contribution in [1.82, 2.24) is 10.2 Å². The highest BCUT2D eigenvalue weighted by Gasteiger charge is 2.35. The molecule has 20 heavy (non-hydrogen) atoms. The number of alkyl halides is 4. The van der Waals surface area contributed by atoms with Gasteiger partial charge in [-0.2, -0.15) is 8.78 Å². The molecule has 3 nitrogen and oxygen atoms in total. The summed E-state index contributed by atoms with van der Waals surface area (Å²) in [6, 6.07) is -0.109. The average molecular weight is 298 g/mol. The molecular formula is C13H22F4N2O. The van der Waals surface area contributed by atoms with Crippen LogP contribution in [0.2, 0.25) is 0 Å². The lowest BCUT2D eigenvalue weighted by molar-refractivity contribution is -0.136. The van der Waals surface area contributed by atoms with E-state index >= 15 is 0 Å². The van der Waals surface area contributed by atoms with Gasteiger partial charge in [0.2, 0.25) is 5.92 Å². The van der Waals surface area contributed by atoms with Gasteiger partial charge in [-0.05, 0) is 18.8 Å². The highest BCUT2D eigenvalue weighted by molar-refractivity contribution is 4.83. The number of rotatable bonds is 5. The topological polar surface area (TPSA) is 24.5 Å². The average Bonchev–Trinajstić information content (AvgIpc) is 2.39. The van der Waals surface area contributed by atoms with Gasteiger partial charge >= 0.3 is 6.61 Å². The van der Waals surface area contributed by atoms with Gasteiger partial charge in [0.15, 0.2) is 0 Å². The summed E-state index contributed by atoms with van der Waals surface area (Å²) in [4.78, 5) is 2.17. The van der Waals surface area contributed by atoms with Gasteiger partial charge in [-0.25, -0.2) is 8.78 Å². The second-order valence-electron chi connectivity index (χ2n) is 5.80. The summed E-state index contributed by atoms with van der Waals surface area (Å²) in [7, 11) is 0. The summed E-state index contributed by atoms with van der Waals surface area (Å²) in [5.74, 6) is -2.20. The largest absolute Gasteiger partial charge is 0.345 e. The summed E-state index contributed by atoms with van der Waals surface area (Å²) in [6.45, 7) is 0.213. The Morgan fingerprint density at radius 1 is 1.25 bits per heavy atom.